The zero-order valence-corrected chi connectivity index (χ0v) is 14.8. The van der Waals surface area contributed by atoms with Crippen molar-refractivity contribution in [3.05, 3.63) is 29.8 Å². The third kappa shape index (κ3) is 4.33. The third-order valence-corrected chi connectivity index (χ3v) is 5.14. The van der Waals surface area contributed by atoms with Crippen LogP contribution in [0, 0.1) is 5.92 Å². The number of benzene rings is 1. The zero-order chi connectivity index (χ0) is 18.5. The molecule has 0 aromatic heterocycles. The minimum atomic E-state index is -0.797. The van der Waals surface area contributed by atoms with Gasteiger partial charge in [0.1, 0.15) is 0 Å². The van der Waals surface area contributed by atoms with Crippen LogP contribution in [0.5, 0.6) is 0 Å². The van der Waals surface area contributed by atoms with Crippen LogP contribution < -0.4 is 5.32 Å². The molecule has 7 nitrogen and oxygen atoms in total. The lowest BCUT2D eigenvalue weighted by atomic mass is 9.97. The van der Waals surface area contributed by atoms with Gasteiger partial charge in [-0.25, -0.2) is 4.79 Å². The van der Waals surface area contributed by atoms with Gasteiger partial charge >= 0.3 is 12.0 Å². The van der Waals surface area contributed by atoms with Crippen LogP contribution in [-0.2, 0) is 4.79 Å². The lowest BCUT2D eigenvalue weighted by Crippen LogP contribution is -2.42. The van der Waals surface area contributed by atoms with Crippen LogP contribution in [0.2, 0.25) is 0 Å². The molecule has 2 heterocycles. The minimum Gasteiger partial charge on any atom is -0.481 e. The summed E-state index contributed by atoms with van der Waals surface area (Å²) in [6.45, 7) is 2.42. The average molecular weight is 359 g/mol. The van der Waals surface area contributed by atoms with Gasteiger partial charge in [0, 0.05) is 37.4 Å². The maximum absolute atomic E-state index is 12.6. The number of rotatable bonds is 3. The van der Waals surface area contributed by atoms with Crippen molar-refractivity contribution in [1.82, 2.24) is 9.80 Å². The molecule has 0 bridgehead atoms. The maximum atomic E-state index is 12.6. The lowest BCUT2D eigenvalue weighted by Gasteiger charge is -2.30. The predicted molar refractivity (Wildman–Crippen MR) is 97.1 cm³/mol. The Morgan fingerprint density at radius 1 is 0.962 bits per heavy atom. The van der Waals surface area contributed by atoms with Crippen LogP contribution in [0.25, 0.3) is 0 Å². The van der Waals surface area contributed by atoms with E-state index in [0.717, 1.165) is 25.9 Å². The SMILES string of the molecule is O=C(O)C1CCN(C(=O)Nc2cccc(C(=O)N3CCCCC3)c2)CC1. The molecule has 2 fully saturated rings. The number of amides is 3. The summed E-state index contributed by atoms with van der Waals surface area (Å²) in [5.41, 5.74) is 1.16. The number of urea groups is 1. The van der Waals surface area contributed by atoms with Crippen LogP contribution in [0.1, 0.15) is 42.5 Å². The number of hydrogen-bond donors (Lipinski definition) is 2. The number of nitrogens with zero attached hydrogens (tertiary/aromatic N) is 2. The Morgan fingerprint density at radius 3 is 2.31 bits per heavy atom. The summed E-state index contributed by atoms with van der Waals surface area (Å²) in [7, 11) is 0. The molecule has 2 saturated heterocycles. The number of carboxylic acid groups (broad SMARTS) is 1. The molecule has 7 heteroatoms. The molecule has 2 aliphatic rings. The van der Waals surface area contributed by atoms with E-state index in [1.54, 1.807) is 29.2 Å². The van der Waals surface area contributed by atoms with Gasteiger partial charge in [-0.1, -0.05) is 6.07 Å². The number of anilines is 1. The van der Waals surface area contributed by atoms with E-state index in [1.807, 2.05) is 4.90 Å². The Balaban J connectivity index is 1.59. The van der Waals surface area contributed by atoms with Gasteiger partial charge in [0.15, 0.2) is 0 Å². The standard InChI is InChI=1S/C19H25N3O4/c23-17(21-9-2-1-3-10-21)15-5-4-6-16(13-15)20-19(26)22-11-7-14(8-12-22)18(24)25/h4-6,13-14H,1-3,7-12H2,(H,20,26)(H,24,25). The van der Waals surface area contributed by atoms with Crippen molar-refractivity contribution in [1.29, 1.82) is 0 Å². The normalized spacial score (nSPS) is 18.5. The van der Waals surface area contributed by atoms with Gasteiger partial charge in [-0.2, -0.15) is 0 Å². The summed E-state index contributed by atoms with van der Waals surface area (Å²) < 4.78 is 0. The minimum absolute atomic E-state index is 0.00284. The van der Waals surface area contributed by atoms with E-state index in [2.05, 4.69) is 5.32 Å². The van der Waals surface area contributed by atoms with Crippen LogP contribution in [0.4, 0.5) is 10.5 Å². The van der Waals surface area contributed by atoms with Crippen molar-refractivity contribution in [3.8, 4) is 0 Å². The van der Waals surface area contributed by atoms with Crippen molar-refractivity contribution in [2.24, 2.45) is 5.92 Å². The van der Waals surface area contributed by atoms with Crippen molar-refractivity contribution >= 4 is 23.6 Å². The molecule has 0 radical (unpaired) electrons. The summed E-state index contributed by atoms with van der Waals surface area (Å²) in [5, 5.41) is 11.9. The highest BCUT2D eigenvalue weighted by Crippen LogP contribution is 2.20. The van der Waals surface area contributed by atoms with Crippen LogP contribution >= 0.6 is 0 Å². The van der Waals surface area contributed by atoms with E-state index >= 15 is 0 Å². The second-order valence-corrected chi connectivity index (χ2v) is 6.96. The molecular weight excluding hydrogens is 334 g/mol. The van der Waals surface area contributed by atoms with Crippen molar-refractivity contribution in [2.45, 2.75) is 32.1 Å². The predicted octanol–water partition coefficient (Wildman–Crippen LogP) is 2.64. The molecule has 1 aromatic rings. The Hall–Kier alpha value is -2.57. The highest BCUT2D eigenvalue weighted by molar-refractivity contribution is 5.97. The number of likely N-dealkylation sites (tertiary alicyclic amines) is 2. The molecule has 0 spiro atoms. The maximum Gasteiger partial charge on any atom is 0.321 e. The molecule has 2 N–H and O–H groups in total. The number of aliphatic carboxylic acids is 1. The Labute approximate surface area is 153 Å². The van der Waals surface area contributed by atoms with E-state index in [9.17, 15) is 14.4 Å². The van der Waals surface area contributed by atoms with Crippen LogP contribution in [0.3, 0.4) is 0 Å². The fraction of sp³-hybridized carbons (Fsp3) is 0.526. The monoisotopic (exact) mass is 359 g/mol. The summed E-state index contributed by atoms with van der Waals surface area (Å²) in [4.78, 5) is 39.5. The molecular formula is C19H25N3O4. The first-order valence-electron chi connectivity index (χ1n) is 9.22. The topological polar surface area (TPSA) is 90.0 Å². The number of piperidine rings is 2. The largest absolute Gasteiger partial charge is 0.481 e. The third-order valence-electron chi connectivity index (χ3n) is 5.14. The van der Waals surface area contributed by atoms with Crippen molar-refractivity contribution < 1.29 is 19.5 Å². The number of carbonyl (C=O) groups is 3. The van der Waals surface area contributed by atoms with Crippen molar-refractivity contribution in [3.63, 3.8) is 0 Å². The first-order valence-corrected chi connectivity index (χ1v) is 9.22. The lowest BCUT2D eigenvalue weighted by molar-refractivity contribution is -0.143. The molecule has 3 amide bonds. The summed E-state index contributed by atoms with van der Waals surface area (Å²) in [6.07, 6.45) is 4.17. The summed E-state index contributed by atoms with van der Waals surface area (Å²) in [5.74, 6) is -1.17. The molecule has 1 aromatic carbocycles. The highest BCUT2D eigenvalue weighted by atomic mass is 16.4. The van der Waals surface area contributed by atoms with Crippen LogP contribution in [-0.4, -0.2) is 59.0 Å². The molecule has 0 unspecified atom stereocenters. The molecule has 2 aliphatic heterocycles. The number of carboxylic acids is 1. The van der Waals surface area contributed by atoms with Crippen molar-refractivity contribution in [2.75, 3.05) is 31.5 Å². The fourth-order valence-electron chi connectivity index (χ4n) is 3.54. The fourth-order valence-corrected chi connectivity index (χ4v) is 3.54. The zero-order valence-electron chi connectivity index (χ0n) is 14.8. The average Bonchev–Trinajstić information content (AvgIpc) is 2.68. The second-order valence-electron chi connectivity index (χ2n) is 6.96. The van der Waals surface area contributed by atoms with E-state index in [1.165, 1.54) is 6.42 Å². The van der Waals surface area contributed by atoms with E-state index in [0.29, 0.717) is 37.2 Å². The Kier molecular flexibility index (Phi) is 5.75. The quantitative estimate of drug-likeness (QED) is 0.868. The Morgan fingerprint density at radius 2 is 1.65 bits per heavy atom. The van der Waals surface area contributed by atoms with E-state index in [-0.39, 0.29) is 17.9 Å². The molecule has 0 aliphatic carbocycles. The van der Waals surface area contributed by atoms with Gasteiger partial charge in [0.2, 0.25) is 0 Å². The van der Waals surface area contributed by atoms with Gasteiger partial charge in [-0.15, -0.1) is 0 Å². The summed E-state index contributed by atoms with van der Waals surface area (Å²) >= 11 is 0. The van der Waals surface area contributed by atoms with E-state index in [4.69, 9.17) is 5.11 Å². The highest BCUT2D eigenvalue weighted by Gasteiger charge is 2.27. The molecule has 0 saturated carbocycles. The first kappa shape index (κ1) is 18.2. The van der Waals surface area contributed by atoms with Gasteiger partial charge in [-0.3, -0.25) is 9.59 Å². The molecule has 0 atom stereocenters. The van der Waals surface area contributed by atoms with Gasteiger partial charge in [-0.05, 0) is 50.3 Å². The van der Waals surface area contributed by atoms with Gasteiger partial charge < -0.3 is 20.2 Å². The van der Waals surface area contributed by atoms with Crippen LogP contribution in [0.15, 0.2) is 24.3 Å². The number of carbonyl (C=O) groups excluding carboxylic acids is 2. The Bertz CT molecular complexity index is 677. The van der Waals surface area contributed by atoms with E-state index < -0.39 is 5.97 Å². The number of nitrogens with one attached hydrogen (secondary N) is 1. The molecule has 26 heavy (non-hydrogen) atoms. The molecule has 3 rings (SSSR count). The molecule has 140 valence electrons. The van der Waals surface area contributed by atoms with Gasteiger partial charge in [0.25, 0.3) is 5.91 Å². The van der Waals surface area contributed by atoms with Gasteiger partial charge in [0.05, 0.1) is 5.92 Å². The number of hydrogen-bond acceptors (Lipinski definition) is 3. The second kappa shape index (κ2) is 8.21. The first-order chi connectivity index (χ1) is 12.5. The summed E-state index contributed by atoms with van der Waals surface area (Å²) in [6, 6.07) is 6.75. The smallest absolute Gasteiger partial charge is 0.321 e.